The van der Waals surface area contributed by atoms with Gasteiger partial charge in [0.05, 0.1) is 0 Å². The molecular formula is C15H19O. The second-order valence-electron chi connectivity index (χ2n) is 3.81. The van der Waals surface area contributed by atoms with Gasteiger partial charge in [0, 0.05) is 0 Å². The Bertz CT molecular complexity index is 300. The molecule has 16 heavy (non-hydrogen) atoms. The van der Waals surface area contributed by atoms with Crippen molar-refractivity contribution >= 4 is 6.29 Å². The molecule has 0 saturated heterocycles. The summed E-state index contributed by atoms with van der Waals surface area (Å²) in [7, 11) is 0. The molecule has 0 aromatic heterocycles. The smallest absolute Gasteiger partial charge is 0.142 e. The fourth-order valence-electron chi connectivity index (χ4n) is 1.61. The molecule has 1 aromatic carbocycles. The first-order chi connectivity index (χ1) is 7.93. The average Bonchev–Trinajstić information content (AvgIpc) is 2.34. The minimum absolute atomic E-state index is 0.829. The van der Waals surface area contributed by atoms with Gasteiger partial charge in [0.15, 0.2) is 0 Å². The Morgan fingerprint density at radius 1 is 1.00 bits per heavy atom. The Morgan fingerprint density at radius 2 is 1.81 bits per heavy atom. The van der Waals surface area contributed by atoms with E-state index in [2.05, 4.69) is 36.8 Å². The molecule has 0 bridgehead atoms. The summed E-state index contributed by atoms with van der Waals surface area (Å²) in [6.07, 6.45) is 12.2. The topological polar surface area (TPSA) is 17.1 Å². The lowest BCUT2D eigenvalue weighted by Crippen LogP contribution is -1.85. The lowest BCUT2D eigenvalue weighted by Gasteiger charge is -2.00. The van der Waals surface area contributed by atoms with Gasteiger partial charge in [-0.05, 0) is 50.2 Å². The summed E-state index contributed by atoms with van der Waals surface area (Å²) < 4.78 is 0. The normalized spacial score (nSPS) is 10.8. The molecule has 0 N–H and O–H groups in total. The third-order valence-electron chi connectivity index (χ3n) is 2.47. The lowest BCUT2D eigenvalue weighted by molar-refractivity contribution is -0.104. The number of hydrogen-bond acceptors (Lipinski definition) is 1. The fraction of sp³-hybridized carbons (Fsp3) is 0.333. The van der Waals surface area contributed by atoms with Crippen LogP contribution < -0.4 is 0 Å². The highest BCUT2D eigenvalue weighted by atomic mass is 16.1. The van der Waals surface area contributed by atoms with Gasteiger partial charge in [-0.3, -0.25) is 4.79 Å². The largest absolute Gasteiger partial charge is 0.299 e. The Kier molecular flexibility index (Phi) is 7.06. The second-order valence-corrected chi connectivity index (χ2v) is 3.81. The van der Waals surface area contributed by atoms with Gasteiger partial charge in [-0.1, -0.05) is 36.4 Å². The molecule has 0 unspecified atom stereocenters. The molecule has 0 saturated carbocycles. The van der Waals surface area contributed by atoms with Gasteiger partial charge in [0.2, 0.25) is 0 Å². The maximum absolute atomic E-state index is 10.00. The van der Waals surface area contributed by atoms with Crippen LogP contribution in [-0.2, 0) is 11.2 Å². The van der Waals surface area contributed by atoms with Gasteiger partial charge in [0.1, 0.15) is 6.29 Å². The molecule has 1 heteroatoms. The lowest BCUT2D eigenvalue weighted by atomic mass is 10.1. The van der Waals surface area contributed by atoms with E-state index in [1.54, 1.807) is 6.08 Å². The van der Waals surface area contributed by atoms with Crippen LogP contribution in [0.1, 0.15) is 31.2 Å². The van der Waals surface area contributed by atoms with E-state index in [0.717, 1.165) is 32.0 Å². The molecule has 0 aliphatic rings. The van der Waals surface area contributed by atoms with Gasteiger partial charge in [-0.2, -0.15) is 0 Å². The number of unbranched alkanes of at least 4 members (excludes halogenated alkanes) is 4. The molecule has 1 aromatic rings. The minimum Gasteiger partial charge on any atom is -0.299 e. The summed E-state index contributed by atoms with van der Waals surface area (Å²) in [6.45, 7) is 0. The van der Waals surface area contributed by atoms with Crippen LogP contribution >= 0.6 is 0 Å². The van der Waals surface area contributed by atoms with Gasteiger partial charge in [0.25, 0.3) is 0 Å². The number of allylic oxidation sites excluding steroid dienone is 2. The first-order valence-corrected chi connectivity index (χ1v) is 5.89. The third kappa shape index (κ3) is 6.18. The van der Waals surface area contributed by atoms with Crippen molar-refractivity contribution in [3.05, 3.63) is 54.5 Å². The van der Waals surface area contributed by atoms with Gasteiger partial charge >= 0.3 is 0 Å². The molecule has 85 valence electrons. The van der Waals surface area contributed by atoms with Crippen LogP contribution in [0.3, 0.4) is 0 Å². The fourth-order valence-corrected chi connectivity index (χ4v) is 1.61. The van der Waals surface area contributed by atoms with Crippen LogP contribution in [0.4, 0.5) is 0 Å². The van der Waals surface area contributed by atoms with Crippen LogP contribution in [0.5, 0.6) is 0 Å². The summed E-state index contributed by atoms with van der Waals surface area (Å²) in [6, 6.07) is 10.6. The highest BCUT2D eigenvalue weighted by Crippen LogP contribution is 2.08. The average molecular weight is 215 g/mol. The molecule has 0 fully saturated rings. The van der Waals surface area contributed by atoms with E-state index in [4.69, 9.17) is 0 Å². The zero-order chi connectivity index (χ0) is 11.5. The van der Waals surface area contributed by atoms with Gasteiger partial charge in [-0.15, -0.1) is 0 Å². The van der Waals surface area contributed by atoms with E-state index in [0.29, 0.717) is 0 Å². The van der Waals surface area contributed by atoms with Crippen molar-refractivity contribution in [2.24, 2.45) is 0 Å². The maximum Gasteiger partial charge on any atom is 0.142 e. The van der Waals surface area contributed by atoms with E-state index in [-0.39, 0.29) is 0 Å². The van der Waals surface area contributed by atoms with Crippen molar-refractivity contribution in [3.8, 4) is 0 Å². The third-order valence-corrected chi connectivity index (χ3v) is 2.47. The number of rotatable bonds is 8. The van der Waals surface area contributed by atoms with Crippen molar-refractivity contribution in [1.29, 1.82) is 0 Å². The molecule has 0 aliphatic carbocycles. The predicted molar refractivity (Wildman–Crippen MR) is 68.1 cm³/mol. The van der Waals surface area contributed by atoms with E-state index in [1.165, 1.54) is 12.0 Å². The van der Waals surface area contributed by atoms with Crippen LogP contribution in [0.25, 0.3) is 0 Å². The molecule has 0 heterocycles. The molecule has 1 radical (unpaired) electrons. The molecule has 1 rings (SSSR count). The monoisotopic (exact) mass is 215 g/mol. The standard InChI is InChI=1S/C15H19O/c16-14-10-5-3-1-2-4-7-11-15-12-8-6-9-13-15/h2,5-6,8-10,12-14H,1,3-4,7,11H2. The van der Waals surface area contributed by atoms with Crippen molar-refractivity contribution in [3.63, 3.8) is 0 Å². The second kappa shape index (κ2) is 8.90. The van der Waals surface area contributed by atoms with E-state index in [9.17, 15) is 4.79 Å². The van der Waals surface area contributed by atoms with Gasteiger partial charge in [-0.25, -0.2) is 0 Å². The van der Waals surface area contributed by atoms with E-state index in [1.807, 2.05) is 6.08 Å². The van der Waals surface area contributed by atoms with Crippen LogP contribution in [0, 0.1) is 6.42 Å². The molecule has 0 spiro atoms. The molecule has 0 atom stereocenters. The maximum atomic E-state index is 10.00. The SMILES string of the molecule is O=CC=CCC[CH]CCCc1ccccc1. The van der Waals surface area contributed by atoms with Crippen molar-refractivity contribution in [2.75, 3.05) is 0 Å². The number of carbonyl (C=O) groups is 1. The number of carbonyl (C=O) groups excluding carboxylic acids is 1. The number of aldehydes is 1. The highest BCUT2D eigenvalue weighted by Gasteiger charge is 1.92. The predicted octanol–water partition coefficient (Wildman–Crippen LogP) is 3.75. The highest BCUT2D eigenvalue weighted by molar-refractivity contribution is 5.64. The molecule has 0 amide bonds. The first kappa shape index (κ1) is 12.7. The van der Waals surface area contributed by atoms with Gasteiger partial charge < -0.3 is 0 Å². The Hall–Kier alpha value is -1.37. The summed E-state index contributed by atoms with van der Waals surface area (Å²) >= 11 is 0. The summed E-state index contributed by atoms with van der Waals surface area (Å²) in [5, 5.41) is 0. The van der Waals surface area contributed by atoms with Crippen molar-refractivity contribution in [1.82, 2.24) is 0 Å². The summed E-state index contributed by atoms with van der Waals surface area (Å²) in [4.78, 5) is 10.00. The van der Waals surface area contributed by atoms with Crippen LogP contribution in [-0.4, -0.2) is 6.29 Å². The summed E-state index contributed by atoms with van der Waals surface area (Å²) in [5.41, 5.74) is 1.41. The molecular weight excluding hydrogens is 196 g/mol. The van der Waals surface area contributed by atoms with E-state index >= 15 is 0 Å². The Balaban J connectivity index is 1.96. The number of benzene rings is 1. The van der Waals surface area contributed by atoms with Crippen LogP contribution in [0.2, 0.25) is 0 Å². The Labute approximate surface area is 98.2 Å². The minimum atomic E-state index is 0.829. The number of hydrogen-bond donors (Lipinski definition) is 0. The van der Waals surface area contributed by atoms with Crippen molar-refractivity contribution in [2.45, 2.75) is 32.1 Å². The van der Waals surface area contributed by atoms with Crippen molar-refractivity contribution < 1.29 is 4.79 Å². The summed E-state index contributed by atoms with van der Waals surface area (Å²) in [5.74, 6) is 0. The van der Waals surface area contributed by atoms with Crippen LogP contribution in [0.15, 0.2) is 42.5 Å². The quantitative estimate of drug-likeness (QED) is 0.367. The Morgan fingerprint density at radius 3 is 2.56 bits per heavy atom. The number of aryl methyl sites for hydroxylation is 1. The zero-order valence-corrected chi connectivity index (χ0v) is 9.64. The zero-order valence-electron chi connectivity index (χ0n) is 9.64. The molecule has 0 aliphatic heterocycles. The molecule has 1 nitrogen and oxygen atoms in total. The van der Waals surface area contributed by atoms with E-state index < -0.39 is 0 Å². The first-order valence-electron chi connectivity index (χ1n) is 5.89.